The maximum absolute atomic E-state index is 10.7. The molecular weight excluding hydrogens is 292 g/mol. The molecule has 2 unspecified atom stereocenters. The first kappa shape index (κ1) is 17.2. The number of hydrogen-bond acceptors (Lipinski definition) is 4. The standard InChI is InChI=1S/C19H22O4/c1-16(22-13-18-10-6-3-7-11-18)19(23-15-20)14-21-12-17-8-4-2-5-9-17/h2-11,15-16,19H,12-14H2,1H3. The molecule has 4 nitrogen and oxygen atoms in total. The molecule has 0 saturated carbocycles. The first-order valence-electron chi connectivity index (χ1n) is 7.66. The highest BCUT2D eigenvalue weighted by Crippen LogP contribution is 2.10. The van der Waals surface area contributed by atoms with Crippen LogP contribution in [-0.2, 0) is 32.2 Å². The van der Waals surface area contributed by atoms with E-state index in [0.29, 0.717) is 26.3 Å². The molecule has 0 aliphatic rings. The zero-order chi connectivity index (χ0) is 16.3. The maximum atomic E-state index is 10.7. The Bertz CT molecular complexity index is 556. The average molecular weight is 314 g/mol. The van der Waals surface area contributed by atoms with Crippen LogP contribution in [0.3, 0.4) is 0 Å². The highest BCUT2D eigenvalue weighted by molar-refractivity contribution is 5.37. The van der Waals surface area contributed by atoms with E-state index in [0.717, 1.165) is 11.1 Å². The Morgan fingerprint density at radius 2 is 1.48 bits per heavy atom. The Balaban J connectivity index is 1.78. The summed E-state index contributed by atoms with van der Waals surface area (Å²) in [5, 5.41) is 0. The Hall–Kier alpha value is -2.17. The van der Waals surface area contributed by atoms with Crippen molar-refractivity contribution in [2.75, 3.05) is 6.61 Å². The third-order valence-corrected chi connectivity index (χ3v) is 3.50. The molecule has 0 N–H and O–H groups in total. The van der Waals surface area contributed by atoms with Crippen LogP contribution < -0.4 is 0 Å². The minimum atomic E-state index is -0.431. The van der Waals surface area contributed by atoms with Crippen molar-refractivity contribution in [3.05, 3.63) is 71.8 Å². The van der Waals surface area contributed by atoms with Crippen LogP contribution in [0.1, 0.15) is 18.1 Å². The van der Waals surface area contributed by atoms with Gasteiger partial charge in [0, 0.05) is 0 Å². The topological polar surface area (TPSA) is 44.8 Å². The normalized spacial score (nSPS) is 13.3. The molecule has 0 spiro atoms. The summed E-state index contributed by atoms with van der Waals surface area (Å²) in [7, 11) is 0. The van der Waals surface area contributed by atoms with Gasteiger partial charge in [-0.25, -0.2) is 0 Å². The van der Waals surface area contributed by atoms with Crippen LogP contribution in [0.15, 0.2) is 60.7 Å². The molecule has 0 aliphatic heterocycles. The summed E-state index contributed by atoms with van der Waals surface area (Å²) in [5.41, 5.74) is 2.16. The van der Waals surface area contributed by atoms with Gasteiger partial charge in [-0.2, -0.15) is 0 Å². The fourth-order valence-electron chi connectivity index (χ4n) is 2.13. The molecule has 23 heavy (non-hydrogen) atoms. The van der Waals surface area contributed by atoms with E-state index in [1.54, 1.807) is 0 Å². The summed E-state index contributed by atoms with van der Waals surface area (Å²) in [4.78, 5) is 10.7. The Morgan fingerprint density at radius 3 is 2.04 bits per heavy atom. The Morgan fingerprint density at radius 1 is 0.913 bits per heavy atom. The second-order valence-corrected chi connectivity index (χ2v) is 5.27. The van der Waals surface area contributed by atoms with Crippen LogP contribution in [0.5, 0.6) is 0 Å². The Labute approximate surface area is 137 Å². The smallest absolute Gasteiger partial charge is 0.293 e. The van der Waals surface area contributed by atoms with E-state index in [4.69, 9.17) is 14.2 Å². The molecule has 122 valence electrons. The first-order chi connectivity index (χ1) is 11.3. The van der Waals surface area contributed by atoms with Crippen LogP contribution in [0.2, 0.25) is 0 Å². The van der Waals surface area contributed by atoms with E-state index in [1.165, 1.54) is 0 Å². The van der Waals surface area contributed by atoms with E-state index in [1.807, 2.05) is 67.6 Å². The minimum absolute atomic E-state index is 0.254. The number of ether oxygens (including phenoxy) is 3. The lowest BCUT2D eigenvalue weighted by Crippen LogP contribution is -2.33. The van der Waals surface area contributed by atoms with Gasteiger partial charge in [-0.3, -0.25) is 4.79 Å². The molecule has 0 radical (unpaired) electrons. The van der Waals surface area contributed by atoms with Crippen LogP contribution in [0, 0.1) is 0 Å². The molecule has 4 heteroatoms. The predicted octanol–water partition coefficient (Wildman–Crippen LogP) is 3.35. The second kappa shape index (κ2) is 9.77. The van der Waals surface area contributed by atoms with Gasteiger partial charge < -0.3 is 14.2 Å². The summed E-state index contributed by atoms with van der Waals surface area (Å²) in [6, 6.07) is 19.7. The van der Waals surface area contributed by atoms with Gasteiger partial charge in [0.2, 0.25) is 0 Å². The van der Waals surface area contributed by atoms with Gasteiger partial charge in [-0.05, 0) is 18.1 Å². The van der Waals surface area contributed by atoms with E-state index < -0.39 is 6.10 Å². The lowest BCUT2D eigenvalue weighted by molar-refractivity contribution is -0.148. The van der Waals surface area contributed by atoms with Crippen LogP contribution in [-0.4, -0.2) is 25.3 Å². The van der Waals surface area contributed by atoms with Crippen molar-refractivity contribution in [1.82, 2.24) is 0 Å². The molecule has 0 saturated heterocycles. The van der Waals surface area contributed by atoms with Crippen molar-refractivity contribution in [2.45, 2.75) is 32.3 Å². The lowest BCUT2D eigenvalue weighted by atomic mass is 10.2. The van der Waals surface area contributed by atoms with E-state index in [2.05, 4.69) is 0 Å². The van der Waals surface area contributed by atoms with Crippen LogP contribution in [0.25, 0.3) is 0 Å². The van der Waals surface area contributed by atoms with Gasteiger partial charge in [0.25, 0.3) is 6.47 Å². The van der Waals surface area contributed by atoms with Crippen molar-refractivity contribution in [3.63, 3.8) is 0 Å². The Kier molecular flexibility index (Phi) is 7.30. The molecule has 0 heterocycles. The number of carbonyl (C=O) groups excluding carboxylic acids is 1. The quantitative estimate of drug-likeness (QED) is 0.631. The molecule has 2 atom stereocenters. The molecule has 0 amide bonds. The zero-order valence-electron chi connectivity index (χ0n) is 13.3. The van der Waals surface area contributed by atoms with E-state index in [9.17, 15) is 4.79 Å². The van der Waals surface area contributed by atoms with Crippen molar-refractivity contribution in [1.29, 1.82) is 0 Å². The van der Waals surface area contributed by atoms with Gasteiger partial charge in [0.15, 0.2) is 6.10 Å². The second-order valence-electron chi connectivity index (χ2n) is 5.27. The average Bonchev–Trinajstić information content (AvgIpc) is 2.61. The van der Waals surface area contributed by atoms with Crippen LogP contribution in [0.4, 0.5) is 0 Å². The molecule has 2 aromatic carbocycles. The van der Waals surface area contributed by atoms with Gasteiger partial charge >= 0.3 is 0 Å². The van der Waals surface area contributed by atoms with E-state index in [-0.39, 0.29) is 6.10 Å². The maximum Gasteiger partial charge on any atom is 0.293 e. The number of benzene rings is 2. The summed E-state index contributed by atoms with van der Waals surface area (Å²) >= 11 is 0. The van der Waals surface area contributed by atoms with Crippen molar-refractivity contribution in [3.8, 4) is 0 Å². The molecule has 0 fully saturated rings. The first-order valence-corrected chi connectivity index (χ1v) is 7.66. The summed E-state index contributed by atoms with van der Waals surface area (Å²) in [6.07, 6.45) is -0.684. The predicted molar refractivity (Wildman–Crippen MR) is 87.7 cm³/mol. The van der Waals surface area contributed by atoms with Crippen molar-refractivity contribution in [2.24, 2.45) is 0 Å². The van der Waals surface area contributed by atoms with Gasteiger partial charge in [-0.15, -0.1) is 0 Å². The largest absolute Gasteiger partial charge is 0.459 e. The summed E-state index contributed by atoms with van der Waals surface area (Å²) in [6.45, 7) is 3.57. The molecule has 2 rings (SSSR count). The summed E-state index contributed by atoms with van der Waals surface area (Å²) in [5.74, 6) is 0. The van der Waals surface area contributed by atoms with Gasteiger partial charge in [-0.1, -0.05) is 60.7 Å². The third kappa shape index (κ3) is 6.22. The highest BCUT2D eigenvalue weighted by Gasteiger charge is 2.19. The summed E-state index contributed by atoms with van der Waals surface area (Å²) < 4.78 is 16.5. The zero-order valence-corrected chi connectivity index (χ0v) is 13.3. The SMILES string of the molecule is CC(OCc1ccccc1)C(COCc1ccccc1)OC=O. The number of hydrogen-bond donors (Lipinski definition) is 0. The minimum Gasteiger partial charge on any atom is -0.459 e. The number of rotatable bonds is 10. The van der Waals surface area contributed by atoms with Crippen LogP contribution >= 0.6 is 0 Å². The van der Waals surface area contributed by atoms with Gasteiger partial charge in [0.05, 0.1) is 25.9 Å². The fourth-order valence-corrected chi connectivity index (χ4v) is 2.13. The monoisotopic (exact) mass is 314 g/mol. The molecule has 2 aromatic rings. The van der Waals surface area contributed by atoms with Crippen molar-refractivity contribution < 1.29 is 19.0 Å². The fraction of sp³-hybridized carbons (Fsp3) is 0.316. The molecule has 0 aromatic heterocycles. The molecule has 0 bridgehead atoms. The number of carbonyl (C=O) groups is 1. The highest BCUT2D eigenvalue weighted by atomic mass is 16.6. The van der Waals surface area contributed by atoms with Crippen molar-refractivity contribution >= 4 is 6.47 Å². The molecular formula is C19H22O4. The lowest BCUT2D eigenvalue weighted by Gasteiger charge is -2.22. The third-order valence-electron chi connectivity index (χ3n) is 3.50. The molecule has 0 aliphatic carbocycles. The van der Waals surface area contributed by atoms with Gasteiger partial charge in [0.1, 0.15) is 0 Å². The van der Waals surface area contributed by atoms with E-state index >= 15 is 0 Å².